The van der Waals surface area contributed by atoms with E-state index in [4.69, 9.17) is 0 Å². The molecule has 14 heteroatoms. The van der Waals surface area contributed by atoms with Gasteiger partial charge in [0.05, 0.1) is 22.8 Å². The van der Waals surface area contributed by atoms with E-state index in [0.717, 1.165) is 35.5 Å². The van der Waals surface area contributed by atoms with Crippen LogP contribution in [0, 0.1) is 5.82 Å². The normalized spacial score (nSPS) is 14.6. The maximum absolute atomic E-state index is 15.0. The monoisotopic (exact) mass is 598 g/mol. The van der Waals surface area contributed by atoms with Crippen LogP contribution in [0.4, 0.5) is 33.7 Å². The lowest BCUT2D eigenvalue weighted by Crippen LogP contribution is -2.31. The van der Waals surface area contributed by atoms with Crippen molar-refractivity contribution in [3.8, 4) is 22.8 Å². The van der Waals surface area contributed by atoms with Crippen molar-refractivity contribution >= 4 is 40.2 Å². The lowest BCUT2D eigenvalue weighted by Gasteiger charge is -2.21. The molecule has 1 aliphatic rings. The Kier molecular flexibility index (Phi) is 7.98. The molecule has 0 atom stereocenters. The number of aliphatic imine (C=N–C) groups is 1. The van der Waals surface area contributed by atoms with Gasteiger partial charge in [-0.1, -0.05) is 43.8 Å². The van der Waals surface area contributed by atoms with Crippen LogP contribution < -0.4 is 15.0 Å². The number of nitrogens with zero attached hydrogens (tertiary/aromatic N) is 5. The molecule has 1 aromatic heterocycles. The molecular formula is C28H22F4N6O3S. The number of rotatable bonds is 6. The van der Waals surface area contributed by atoms with Gasteiger partial charge in [-0.2, -0.15) is 4.99 Å². The fraction of sp³-hybridized carbons (Fsp3) is 0.179. The van der Waals surface area contributed by atoms with Crippen LogP contribution in [0.15, 0.2) is 78.0 Å². The zero-order valence-corrected chi connectivity index (χ0v) is 22.9. The fourth-order valence-corrected chi connectivity index (χ4v) is 5.03. The first kappa shape index (κ1) is 28.8. The van der Waals surface area contributed by atoms with Crippen molar-refractivity contribution < 1.29 is 31.9 Å². The lowest BCUT2D eigenvalue weighted by molar-refractivity contribution is -0.274. The highest BCUT2D eigenvalue weighted by atomic mass is 32.2. The van der Waals surface area contributed by atoms with Gasteiger partial charge in [0.1, 0.15) is 17.9 Å². The van der Waals surface area contributed by atoms with Crippen LogP contribution in [0.3, 0.4) is 0 Å². The maximum Gasteiger partial charge on any atom is 0.573 e. The summed E-state index contributed by atoms with van der Waals surface area (Å²) in [6.45, 7) is 3.99. The van der Waals surface area contributed by atoms with Gasteiger partial charge in [-0.15, -0.1) is 18.3 Å². The first-order chi connectivity index (χ1) is 20.0. The summed E-state index contributed by atoms with van der Waals surface area (Å²) < 4.78 is 57.3. The first-order valence-electron chi connectivity index (χ1n) is 12.5. The predicted molar refractivity (Wildman–Crippen MR) is 150 cm³/mol. The van der Waals surface area contributed by atoms with E-state index >= 15 is 0 Å². The summed E-state index contributed by atoms with van der Waals surface area (Å²) in [6, 6.07) is 15.4. The number of ether oxygens (including phenoxy) is 1. The highest BCUT2D eigenvalue weighted by Gasteiger charge is 2.32. The van der Waals surface area contributed by atoms with E-state index < -0.39 is 18.2 Å². The van der Waals surface area contributed by atoms with E-state index in [1.807, 2.05) is 26.0 Å². The number of halogens is 4. The number of para-hydroxylation sites is 1. The number of amides is 3. The number of urea groups is 1. The summed E-state index contributed by atoms with van der Waals surface area (Å²) >= 11 is 1.12. The molecule has 0 aliphatic carbocycles. The van der Waals surface area contributed by atoms with Crippen molar-refractivity contribution in [1.29, 1.82) is 0 Å². The van der Waals surface area contributed by atoms with Gasteiger partial charge in [-0.3, -0.25) is 9.69 Å². The second kappa shape index (κ2) is 11.6. The Bertz CT molecular complexity index is 1670. The number of amidine groups is 1. The van der Waals surface area contributed by atoms with Crippen molar-refractivity contribution in [2.75, 3.05) is 16.0 Å². The molecule has 0 unspecified atom stereocenters. The number of carbonyl (C=O) groups is 2. The molecule has 1 N–H and O–H groups in total. The zero-order valence-electron chi connectivity index (χ0n) is 22.1. The molecule has 2 heterocycles. The third-order valence-corrected chi connectivity index (χ3v) is 6.98. The first-order valence-corrected chi connectivity index (χ1v) is 13.5. The molecule has 0 saturated carbocycles. The van der Waals surface area contributed by atoms with E-state index in [2.05, 4.69) is 25.1 Å². The van der Waals surface area contributed by atoms with Crippen molar-refractivity contribution in [1.82, 2.24) is 14.8 Å². The second-order valence-corrected chi connectivity index (χ2v) is 10.2. The van der Waals surface area contributed by atoms with Gasteiger partial charge in [0.15, 0.2) is 11.0 Å². The summed E-state index contributed by atoms with van der Waals surface area (Å²) in [5.74, 6) is -0.990. The van der Waals surface area contributed by atoms with Crippen LogP contribution >= 0.6 is 11.8 Å². The molecule has 3 amide bonds. The Morgan fingerprint density at radius 1 is 1.10 bits per heavy atom. The summed E-state index contributed by atoms with van der Waals surface area (Å²) in [5.41, 5.74) is 2.12. The number of hydrogen-bond acceptors (Lipinski definition) is 6. The molecule has 1 aliphatic heterocycles. The highest BCUT2D eigenvalue weighted by molar-refractivity contribution is 8.15. The molecule has 0 bridgehead atoms. The van der Waals surface area contributed by atoms with Gasteiger partial charge in [0, 0.05) is 5.56 Å². The third-order valence-electron chi connectivity index (χ3n) is 6.06. The van der Waals surface area contributed by atoms with E-state index in [9.17, 15) is 27.2 Å². The number of aromatic nitrogens is 3. The van der Waals surface area contributed by atoms with Gasteiger partial charge >= 0.3 is 12.4 Å². The van der Waals surface area contributed by atoms with Gasteiger partial charge in [0.25, 0.3) is 0 Å². The molecule has 0 spiro atoms. The summed E-state index contributed by atoms with van der Waals surface area (Å²) in [7, 11) is 0. The largest absolute Gasteiger partial charge is 0.573 e. The van der Waals surface area contributed by atoms with Crippen LogP contribution in [0.5, 0.6) is 5.75 Å². The molecule has 5 rings (SSSR count). The number of benzene rings is 3. The maximum atomic E-state index is 15.0. The zero-order chi connectivity index (χ0) is 30.0. The molecule has 0 radical (unpaired) electrons. The standard InChI is InChI=1S/C28H22F4N6O3S/c1-16(2)20-5-3-4-6-23(20)38-24(39)14-42-27(38)35-26(40)34-22-12-7-17(13-21(22)29)25-33-15-37(36-25)18-8-10-19(11-9-18)41-28(30,31)32/h3-13,15-16H,14H2,1-2H3,(H,34,40)/b35-27-. The number of nitrogens with one attached hydrogen (secondary N) is 1. The van der Waals surface area contributed by atoms with Crippen molar-refractivity contribution in [2.24, 2.45) is 4.99 Å². The molecule has 216 valence electrons. The number of alkyl halides is 3. The third kappa shape index (κ3) is 6.43. The average molecular weight is 599 g/mol. The van der Waals surface area contributed by atoms with E-state index in [1.54, 1.807) is 12.1 Å². The van der Waals surface area contributed by atoms with Crippen molar-refractivity contribution in [3.05, 3.63) is 84.4 Å². The Balaban J connectivity index is 1.30. The van der Waals surface area contributed by atoms with Crippen LogP contribution in [0.2, 0.25) is 0 Å². The topological polar surface area (TPSA) is 102 Å². The minimum absolute atomic E-state index is 0.118. The molecular weight excluding hydrogens is 576 g/mol. The van der Waals surface area contributed by atoms with Gasteiger partial charge in [0.2, 0.25) is 5.91 Å². The molecule has 42 heavy (non-hydrogen) atoms. The number of thioether (sulfide) groups is 1. The summed E-state index contributed by atoms with van der Waals surface area (Å²) in [6.07, 6.45) is -3.48. The van der Waals surface area contributed by atoms with Crippen molar-refractivity contribution in [3.63, 3.8) is 0 Å². The van der Waals surface area contributed by atoms with E-state index in [1.165, 1.54) is 40.2 Å². The Morgan fingerprint density at radius 2 is 1.83 bits per heavy atom. The van der Waals surface area contributed by atoms with Crippen LogP contribution in [0.25, 0.3) is 17.1 Å². The minimum atomic E-state index is -4.81. The Labute approximate surface area is 241 Å². The number of anilines is 2. The molecule has 1 fully saturated rings. The smallest absolute Gasteiger partial charge is 0.406 e. The van der Waals surface area contributed by atoms with Gasteiger partial charge < -0.3 is 10.1 Å². The van der Waals surface area contributed by atoms with Gasteiger partial charge in [-0.25, -0.2) is 18.9 Å². The molecule has 1 saturated heterocycles. The van der Waals surface area contributed by atoms with Crippen LogP contribution in [-0.2, 0) is 4.79 Å². The predicted octanol–water partition coefficient (Wildman–Crippen LogP) is 6.76. The van der Waals surface area contributed by atoms with Crippen molar-refractivity contribution in [2.45, 2.75) is 26.1 Å². The fourth-order valence-electron chi connectivity index (χ4n) is 4.17. The van der Waals surface area contributed by atoms with E-state index in [-0.39, 0.29) is 40.0 Å². The minimum Gasteiger partial charge on any atom is -0.406 e. The Hall–Kier alpha value is -4.72. The highest BCUT2D eigenvalue weighted by Crippen LogP contribution is 2.33. The number of carbonyl (C=O) groups excluding carboxylic acids is 2. The Morgan fingerprint density at radius 3 is 2.52 bits per heavy atom. The van der Waals surface area contributed by atoms with E-state index in [0.29, 0.717) is 16.9 Å². The number of hydrogen-bond donors (Lipinski definition) is 1. The lowest BCUT2D eigenvalue weighted by atomic mass is 10.0. The van der Waals surface area contributed by atoms with Crippen LogP contribution in [-0.4, -0.2) is 44.0 Å². The quantitative estimate of drug-likeness (QED) is 0.246. The second-order valence-electron chi connectivity index (χ2n) is 9.30. The summed E-state index contributed by atoms with van der Waals surface area (Å²) in [5, 5.41) is 6.84. The summed E-state index contributed by atoms with van der Waals surface area (Å²) in [4.78, 5) is 34.9. The van der Waals surface area contributed by atoms with Crippen LogP contribution in [0.1, 0.15) is 25.3 Å². The average Bonchev–Trinajstić information content (AvgIpc) is 3.56. The molecule has 4 aromatic rings. The molecule has 3 aromatic carbocycles. The van der Waals surface area contributed by atoms with Gasteiger partial charge in [-0.05, 0) is 60.0 Å². The SMILES string of the molecule is CC(C)c1ccccc1N1C(=O)CS/C1=N\C(=O)Nc1ccc(-c2ncn(-c3ccc(OC(F)(F)F)cc3)n2)cc1F. The molecule has 9 nitrogen and oxygen atoms in total.